The number of amides is 1. The van der Waals surface area contributed by atoms with Crippen molar-refractivity contribution in [2.24, 2.45) is 0 Å². The summed E-state index contributed by atoms with van der Waals surface area (Å²) in [5.41, 5.74) is 0.292. The minimum Gasteiger partial charge on any atom is -0.530 e. The molecule has 0 aliphatic rings. The van der Waals surface area contributed by atoms with Crippen molar-refractivity contribution < 1.29 is 18.3 Å². The topological polar surface area (TPSA) is 77.5 Å². The fraction of sp³-hybridized carbons (Fsp3) is 0.133. The molecule has 5 nitrogen and oxygen atoms in total. The van der Waals surface area contributed by atoms with Crippen LogP contribution in [0.25, 0.3) is 0 Å². The van der Waals surface area contributed by atoms with Crippen LogP contribution in [0.3, 0.4) is 0 Å². The molecular weight excluding hydrogens is 361 g/mol. The van der Waals surface area contributed by atoms with Crippen LogP contribution in [0.2, 0.25) is 10.0 Å². The first-order valence-electron chi connectivity index (χ1n) is 6.52. The van der Waals surface area contributed by atoms with Crippen LogP contribution in [0.4, 0.5) is 10.5 Å². The third kappa shape index (κ3) is 4.60. The fourth-order valence-electron chi connectivity index (χ4n) is 1.92. The monoisotopic (exact) mass is 372 g/mol. The summed E-state index contributed by atoms with van der Waals surface area (Å²) in [7, 11) is -3.64. The van der Waals surface area contributed by atoms with Gasteiger partial charge in [0.25, 0.3) is 0 Å². The Bertz CT molecular complexity index is 789. The van der Waals surface area contributed by atoms with Crippen LogP contribution in [-0.2, 0) is 9.84 Å². The van der Waals surface area contributed by atoms with Crippen molar-refractivity contribution in [1.82, 2.24) is 0 Å². The van der Waals surface area contributed by atoms with E-state index in [1.54, 1.807) is 0 Å². The quantitative estimate of drug-likeness (QED) is 0.807. The molecule has 0 radical (unpaired) electrons. The molecule has 0 bridgehead atoms. The van der Waals surface area contributed by atoms with Crippen LogP contribution in [0.5, 0.6) is 0 Å². The van der Waals surface area contributed by atoms with E-state index >= 15 is 0 Å². The molecule has 0 fully saturated rings. The van der Waals surface area contributed by atoms with Gasteiger partial charge in [-0.25, -0.2) is 8.42 Å². The highest BCUT2D eigenvalue weighted by atomic mass is 35.5. The number of hydrogen-bond donors (Lipinski definition) is 0. The zero-order chi connectivity index (χ0) is 17.0. The number of carboxylic acid groups (broad SMARTS) is 1. The lowest BCUT2D eigenvalue weighted by atomic mass is 10.3. The minimum absolute atomic E-state index is 0.0799. The normalized spacial score (nSPS) is 11.2. The third-order valence-corrected chi connectivity index (χ3v) is 5.33. The molecule has 0 unspecified atom stereocenters. The van der Waals surface area contributed by atoms with Crippen LogP contribution >= 0.6 is 23.2 Å². The molecule has 2 rings (SSSR count). The van der Waals surface area contributed by atoms with Gasteiger partial charge in [0, 0.05) is 22.3 Å². The average molecular weight is 373 g/mol. The smallest absolute Gasteiger partial charge is 0.180 e. The summed E-state index contributed by atoms with van der Waals surface area (Å²) >= 11 is 11.5. The molecule has 0 aromatic heterocycles. The van der Waals surface area contributed by atoms with Gasteiger partial charge in [0.1, 0.15) is 6.09 Å². The molecule has 0 aliphatic heterocycles. The Balaban J connectivity index is 2.16. The summed E-state index contributed by atoms with van der Waals surface area (Å²) in [5.74, 6) is -0.384. The Morgan fingerprint density at radius 1 is 0.957 bits per heavy atom. The van der Waals surface area contributed by atoms with Gasteiger partial charge in [0.05, 0.1) is 10.6 Å². The number of halogens is 2. The molecule has 0 saturated carbocycles. The number of anilines is 1. The molecule has 23 heavy (non-hydrogen) atoms. The van der Waals surface area contributed by atoms with Crippen LogP contribution in [0, 0.1) is 0 Å². The van der Waals surface area contributed by atoms with Crippen LogP contribution in [0.15, 0.2) is 53.4 Å². The van der Waals surface area contributed by atoms with Crippen molar-refractivity contribution in [1.29, 1.82) is 0 Å². The van der Waals surface area contributed by atoms with Crippen molar-refractivity contribution >= 4 is 44.8 Å². The standard InChI is InChI=1S/C15H13Cl2NO4S/c16-11-1-5-13(6-2-11)18(15(19)20)9-10-23(21,22)14-7-3-12(17)4-8-14/h1-8H,9-10H2,(H,19,20)/p-1. The molecule has 2 aromatic carbocycles. The van der Waals surface area contributed by atoms with Crippen LogP contribution in [-0.4, -0.2) is 26.8 Å². The van der Waals surface area contributed by atoms with E-state index in [0.717, 1.165) is 4.90 Å². The number of carbonyl (C=O) groups excluding carboxylic acids is 1. The van der Waals surface area contributed by atoms with E-state index in [9.17, 15) is 18.3 Å². The summed E-state index contributed by atoms with van der Waals surface area (Å²) < 4.78 is 24.5. The maximum Gasteiger partial charge on any atom is 0.180 e. The number of rotatable bonds is 5. The van der Waals surface area contributed by atoms with E-state index in [4.69, 9.17) is 23.2 Å². The first-order chi connectivity index (χ1) is 10.8. The highest BCUT2D eigenvalue weighted by Crippen LogP contribution is 2.19. The van der Waals surface area contributed by atoms with Crippen molar-refractivity contribution in [3.8, 4) is 0 Å². The van der Waals surface area contributed by atoms with Crippen LogP contribution in [0.1, 0.15) is 0 Å². The molecular formula is C15H12Cl2NO4S-. The molecule has 0 aliphatic carbocycles. The van der Waals surface area contributed by atoms with Gasteiger partial charge in [-0.1, -0.05) is 23.2 Å². The van der Waals surface area contributed by atoms with Crippen LogP contribution < -0.4 is 10.0 Å². The van der Waals surface area contributed by atoms with Gasteiger partial charge in [-0.2, -0.15) is 0 Å². The maximum atomic E-state index is 12.3. The second-order valence-corrected chi connectivity index (χ2v) is 7.65. The molecule has 0 saturated heterocycles. The van der Waals surface area contributed by atoms with Gasteiger partial charge in [-0.3, -0.25) is 0 Å². The van der Waals surface area contributed by atoms with Crippen molar-refractivity contribution in [2.45, 2.75) is 4.90 Å². The lowest BCUT2D eigenvalue weighted by Crippen LogP contribution is -2.43. The molecule has 0 spiro atoms. The van der Waals surface area contributed by atoms with Crippen molar-refractivity contribution in [3.05, 3.63) is 58.6 Å². The van der Waals surface area contributed by atoms with Gasteiger partial charge in [0.2, 0.25) is 0 Å². The molecule has 0 N–H and O–H groups in total. The Labute approximate surface area is 144 Å². The minimum atomic E-state index is -3.64. The lowest BCUT2D eigenvalue weighted by Gasteiger charge is -2.25. The summed E-state index contributed by atoms with van der Waals surface area (Å²) in [5, 5.41) is 12.1. The summed E-state index contributed by atoms with van der Waals surface area (Å²) in [6, 6.07) is 11.7. The second kappa shape index (κ2) is 7.21. The zero-order valence-electron chi connectivity index (χ0n) is 11.8. The first-order valence-corrected chi connectivity index (χ1v) is 8.93. The second-order valence-electron chi connectivity index (χ2n) is 4.67. The van der Waals surface area contributed by atoms with Gasteiger partial charge >= 0.3 is 0 Å². The van der Waals surface area contributed by atoms with E-state index in [1.807, 2.05) is 0 Å². The highest BCUT2D eigenvalue weighted by Gasteiger charge is 2.17. The predicted octanol–water partition coefficient (Wildman–Crippen LogP) is 2.62. The van der Waals surface area contributed by atoms with Gasteiger partial charge in [-0.05, 0) is 48.5 Å². The van der Waals surface area contributed by atoms with E-state index in [-0.39, 0.29) is 17.2 Å². The molecule has 2 aromatic rings. The largest absolute Gasteiger partial charge is 0.530 e. The molecule has 0 heterocycles. The maximum absolute atomic E-state index is 12.3. The Hall–Kier alpha value is -1.76. The summed E-state index contributed by atoms with van der Waals surface area (Å²) in [6.45, 7) is -0.255. The van der Waals surface area contributed by atoms with E-state index in [0.29, 0.717) is 15.7 Å². The summed E-state index contributed by atoms with van der Waals surface area (Å²) in [4.78, 5) is 12.2. The van der Waals surface area contributed by atoms with Gasteiger partial charge in [-0.15, -0.1) is 0 Å². The molecule has 0 atom stereocenters. The van der Waals surface area contributed by atoms with Gasteiger partial charge < -0.3 is 14.8 Å². The number of sulfone groups is 1. The zero-order valence-corrected chi connectivity index (χ0v) is 14.1. The number of nitrogens with zero attached hydrogens (tertiary/aromatic N) is 1. The van der Waals surface area contributed by atoms with E-state index in [2.05, 4.69) is 0 Å². The number of benzene rings is 2. The Morgan fingerprint density at radius 2 is 1.43 bits per heavy atom. The Kier molecular flexibility index (Phi) is 5.51. The Morgan fingerprint density at radius 3 is 1.91 bits per heavy atom. The average Bonchev–Trinajstić information content (AvgIpc) is 2.49. The number of carbonyl (C=O) groups is 1. The summed E-state index contributed by atoms with van der Waals surface area (Å²) in [6.07, 6.45) is -1.49. The predicted molar refractivity (Wildman–Crippen MR) is 87.7 cm³/mol. The van der Waals surface area contributed by atoms with E-state index in [1.165, 1.54) is 48.5 Å². The highest BCUT2D eigenvalue weighted by molar-refractivity contribution is 7.91. The number of hydrogen-bond acceptors (Lipinski definition) is 4. The van der Waals surface area contributed by atoms with Crippen molar-refractivity contribution in [2.75, 3.05) is 17.2 Å². The van der Waals surface area contributed by atoms with Crippen molar-refractivity contribution in [3.63, 3.8) is 0 Å². The SMILES string of the molecule is O=C([O-])N(CCS(=O)(=O)c1ccc(Cl)cc1)c1ccc(Cl)cc1. The van der Waals surface area contributed by atoms with Gasteiger partial charge in [0.15, 0.2) is 9.84 Å². The fourth-order valence-corrected chi connectivity index (χ4v) is 3.38. The third-order valence-electron chi connectivity index (χ3n) is 3.12. The molecule has 8 heteroatoms. The first kappa shape index (κ1) is 17.6. The molecule has 122 valence electrons. The molecule has 1 amide bonds. The van der Waals surface area contributed by atoms with E-state index < -0.39 is 15.9 Å². The lowest BCUT2D eigenvalue weighted by molar-refractivity contribution is -0.246.